The first kappa shape index (κ1) is 15.2. The van der Waals surface area contributed by atoms with Crippen LogP contribution >= 0.6 is 11.6 Å². The molecule has 0 saturated heterocycles. The third-order valence-electron chi connectivity index (χ3n) is 3.40. The van der Waals surface area contributed by atoms with Gasteiger partial charge in [-0.1, -0.05) is 35.9 Å². The van der Waals surface area contributed by atoms with Gasteiger partial charge in [0.1, 0.15) is 0 Å². The van der Waals surface area contributed by atoms with Crippen molar-refractivity contribution in [2.24, 2.45) is 5.73 Å². The lowest BCUT2D eigenvalue weighted by Crippen LogP contribution is -2.23. The van der Waals surface area contributed by atoms with Crippen molar-refractivity contribution in [3.05, 3.63) is 58.1 Å². The molecule has 0 saturated carbocycles. The molecule has 0 unspecified atom stereocenters. The Balaban J connectivity index is 2.42. The van der Waals surface area contributed by atoms with Gasteiger partial charge in [0.15, 0.2) is 0 Å². The topological polar surface area (TPSA) is 72.3 Å². The van der Waals surface area contributed by atoms with E-state index in [9.17, 15) is 4.79 Å². The van der Waals surface area contributed by atoms with Crippen LogP contribution in [0.1, 0.15) is 21.5 Å². The van der Waals surface area contributed by atoms with Gasteiger partial charge in [-0.3, -0.25) is 4.79 Å². The molecule has 0 bridgehead atoms. The van der Waals surface area contributed by atoms with Crippen LogP contribution in [0.2, 0.25) is 5.02 Å². The summed E-state index contributed by atoms with van der Waals surface area (Å²) < 4.78 is 0. The quantitative estimate of drug-likeness (QED) is 0.853. The van der Waals surface area contributed by atoms with Crippen LogP contribution in [0.4, 0.5) is 11.4 Å². The lowest BCUT2D eigenvalue weighted by Gasteiger charge is -2.24. The molecule has 0 spiro atoms. The highest BCUT2D eigenvalue weighted by Crippen LogP contribution is 2.32. The number of halogens is 1. The molecule has 5 heteroatoms. The van der Waals surface area contributed by atoms with Gasteiger partial charge in [-0.05, 0) is 30.2 Å². The predicted molar refractivity (Wildman–Crippen MR) is 87.7 cm³/mol. The van der Waals surface area contributed by atoms with Crippen molar-refractivity contribution < 1.29 is 4.79 Å². The van der Waals surface area contributed by atoms with Gasteiger partial charge in [0.25, 0.3) is 5.91 Å². The molecule has 0 aromatic heterocycles. The monoisotopic (exact) mass is 303 g/mol. The van der Waals surface area contributed by atoms with Gasteiger partial charge in [0.2, 0.25) is 0 Å². The number of benzene rings is 2. The first-order valence-electron chi connectivity index (χ1n) is 6.54. The summed E-state index contributed by atoms with van der Waals surface area (Å²) in [4.78, 5) is 13.5. The third kappa shape index (κ3) is 3.28. The van der Waals surface area contributed by atoms with Gasteiger partial charge in [-0.25, -0.2) is 0 Å². The van der Waals surface area contributed by atoms with Gasteiger partial charge in [0, 0.05) is 19.3 Å². The van der Waals surface area contributed by atoms with E-state index in [0.717, 1.165) is 5.56 Å². The highest BCUT2D eigenvalue weighted by Gasteiger charge is 2.17. The van der Waals surface area contributed by atoms with E-state index in [1.54, 1.807) is 12.1 Å². The maximum Gasteiger partial charge on any atom is 0.250 e. The van der Waals surface area contributed by atoms with Crippen molar-refractivity contribution in [3.63, 3.8) is 0 Å². The van der Waals surface area contributed by atoms with Gasteiger partial charge >= 0.3 is 0 Å². The summed E-state index contributed by atoms with van der Waals surface area (Å²) in [6.45, 7) is 2.67. The smallest absolute Gasteiger partial charge is 0.250 e. The lowest BCUT2D eigenvalue weighted by atomic mass is 10.1. The minimum absolute atomic E-state index is 0.330. The summed E-state index contributed by atoms with van der Waals surface area (Å²) in [6.07, 6.45) is 0. The van der Waals surface area contributed by atoms with Crippen LogP contribution in [-0.2, 0) is 6.54 Å². The Bertz CT molecular complexity index is 685. The van der Waals surface area contributed by atoms with Crippen molar-refractivity contribution in [2.45, 2.75) is 13.5 Å². The second-order valence-electron chi connectivity index (χ2n) is 5.05. The number of amides is 1. The Morgan fingerprint density at radius 2 is 1.95 bits per heavy atom. The molecule has 1 amide bonds. The van der Waals surface area contributed by atoms with Gasteiger partial charge in [0.05, 0.1) is 16.3 Å². The van der Waals surface area contributed by atoms with Crippen LogP contribution in [0.15, 0.2) is 36.4 Å². The second-order valence-corrected chi connectivity index (χ2v) is 5.45. The number of aryl methyl sites for hydroxylation is 1. The molecule has 0 aliphatic carbocycles. The van der Waals surface area contributed by atoms with Crippen molar-refractivity contribution in [3.8, 4) is 0 Å². The molecule has 0 fully saturated rings. The molecule has 0 aliphatic heterocycles. The number of carbonyl (C=O) groups excluding carboxylic acids is 1. The Morgan fingerprint density at radius 1 is 1.29 bits per heavy atom. The normalized spacial score (nSPS) is 10.4. The Kier molecular flexibility index (Phi) is 4.38. The first-order valence-corrected chi connectivity index (χ1v) is 6.92. The largest absolute Gasteiger partial charge is 0.399 e. The van der Waals surface area contributed by atoms with Crippen LogP contribution in [0.3, 0.4) is 0 Å². The van der Waals surface area contributed by atoms with E-state index in [4.69, 9.17) is 23.1 Å². The molecule has 0 aliphatic rings. The number of hydrogen-bond acceptors (Lipinski definition) is 3. The average Bonchev–Trinajstić information content (AvgIpc) is 2.40. The number of anilines is 2. The Labute approximate surface area is 129 Å². The third-order valence-corrected chi connectivity index (χ3v) is 3.69. The van der Waals surface area contributed by atoms with Gasteiger partial charge < -0.3 is 16.4 Å². The molecule has 0 heterocycles. The van der Waals surface area contributed by atoms with Crippen molar-refractivity contribution in [1.29, 1.82) is 0 Å². The summed E-state index contributed by atoms with van der Waals surface area (Å²) in [5.41, 5.74) is 14.8. The second kappa shape index (κ2) is 6.06. The fourth-order valence-corrected chi connectivity index (χ4v) is 2.69. The highest BCUT2D eigenvalue weighted by atomic mass is 35.5. The minimum Gasteiger partial charge on any atom is -0.399 e. The van der Waals surface area contributed by atoms with Gasteiger partial charge in [-0.15, -0.1) is 0 Å². The van der Waals surface area contributed by atoms with Crippen molar-refractivity contribution >= 4 is 28.9 Å². The molecular weight excluding hydrogens is 286 g/mol. The van der Waals surface area contributed by atoms with E-state index in [1.807, 2.05) is 43.1 Å². The number of nitrogen functional groups attached to an aromatic ring is 1. The number of nitrogens with two attached hydrogens (primary N) is 2. The molecule has 4 N–H and O–H groups in total. The van der Waals surface area contributed by atoms with Crippen molar-refractivity contribution in [2.75, 3.05) is 17.7 Å². The lowest BCUT2D eigenvalue weighted by molar-refractivity contribution is 0.100. The Hall–Kier alpha value is -2.20. The summed E-state index contributed by atoms with van der Waals surface area (Å²) >= 11 is 6.25. The molecule has 110 valence electrons. The van der Waals surface area contributed by atoms with Crippen LogP contribution in [-0.4, -0.2) is 13.0 Å². The van der Waals surface area contributed by atoms with E-state index in [0.29, 0.717) is 28.5 Å². The van der Waals surface area contributed by atoms with Crippen LogP contribution in [0.25, 0.3) is 0 Å². The summed E-state index contributed by atoms with van der Waals surface area (Å²) in [5, 5.41) is 0.417. The minimum atomic E-state index is -0.546. The number of rotatable bonds is 4. The fourth-order valence-electron chi connectivity index (χ4n) is 2.32. The highest BCUT2D eigenvalue weighted by molar-refractivity contribution is 6.34. The first-order chi connectivity index (χ1) is 9.90. The Morgan fingerprint density at radius 3 is 2.57 bits per heavy atom. The summed E-state index contributed by atoms with van der Waals surface area (Å²) in [6, 6.07) is 11.2. The number of carbonyl (C=O) groups is 1. The zero-order valence-corrected chi connectivity index (χ0v) is 12.8. The molecule has 4 nitrogen and oxygen atoms in total. The molecule has 21 heavy (non-hydrogen) atoms. The molecule has 2 rings (SSSR count). The maximum atomic E-state index is 11.6. The van der Waals surface area contributed by atoms with Crippen LogP contribution in [0.5, 0.6) is 0 Å². The molecule has 2 aromatic rings. The van der Waals surface area contributed by atoms with E-state index in [-0.39, 0.29) is 0 Å². The van der Waals surface area contributed by atoms with Crippen LogP contribution in [0, 0.1) is 6.92 Å². The zero-order valence-electron chi connectivity index (χ0n) is 12.1. The number of primary amides is 1. The molecule has 0 radical (unpaired) electrons. The van der Waals surface area contributed by atoms with E-state index in [2.05, 4.69) is 0 Å². The fraction of sp³-hybridized carbons (Fsp3) is 0.188. The standard InChI is InChI=1S/C16H18ClN3O/c1-10-5-3-4-6-11(10)9-20(2)15-13(16(19)21)7-12(18)8-14(15)17/h3-8H,9,18H2,1-2H3,(H2,19,21). The maximum absolute atomic E-state index is 11.6. The van der Waals surface area contributed by atoms with Crippen LogP contribution < -0.4 is 16.4 Å². The SMILES string of the molecule is Cc1ccccc1CN(C)c1c(Cl)cc(N)cc1C(N)=O. The summed E-state index contributed by atoms with van der Waals surface area (Å²) in [7, 11) is 1.87. The zero-order chi connectivity index (χ0) is 15.6. The van der Waals surface area contributed by atoms with Gasteiger partial charge in [-0.2, -0.15) is 0 Å². The van der Waals surface area contributed by atoms with Crippen molar-refractivity contribution in [1.82, 2.24) is 0 Å². The number of nitrogens with zero attached hydrogens (tertiary/aromatic N) is 1. The molecule has 0 atom stereocenters. The molecular formula is C16H18ClN3O. The number of hydrogen-bond donors (Lipinski definition) is 2. The van der Waals surface area contributed by atoms with E-state index < -0.39 is 5.91 Å². The van der Waals surface area contributed by atoms with E-state index >= 15 is 0 Å². The molecule has 2 aromatic carbocycles. The van der Waals surface area contributed by atoms with E-state index in [1.165, 1.54) is 5.56 Å². The average molecular weight is 304 g/mol. The predicted octanol–water partition coefficient (Wildman–Crippen LogP) is 2.97. The summed E-state index contributed by atoms with van der Waals surface area (Å²) in [5.74, 6) is -0.546.